The second kappa shape index (κ2) is 6.34. The first-order chi connectivity index (χ1) is 9.95. The van der Waals surface area contributed by atoms with Gasteiger partial charge in [-0.1, -0.05) is 6.92 Å². The Kier molecular flexibility index (Phi) is 4.72. The van der Waals surface area contributed by atoms with Crippen molar-refractivity contribution in [1.82, 2.24) is 14.0 Å². The lowest BCUT2D eigenvalue weighted by Crippen LogP contribution is -2.45. The maximum absolute atomic E-state index is 12.3. The molecule has 0 saturated carbocycles. The third kappa shape index (κ3) is 3.12. The Balaban J connectivity index is 2.38. The molecule has 7 nitrogen and oxygen atoms in total. The molecule has 118 valence electrons. The van der Waals surface area contributed by atoms with Crippen LogP contribution in [0.5, 0.6) is 0 Å². The first kappa shape index (κ1) is 15.6. The minimum Gasteiger partial charge on any atom is -0.383 e. The number of piperidine rings is 1. The molecule has 0 aromatic carbocycles. The van der Waals surface area contributed by atoms with E-state index in [0.717, 1.165) is 36.9 Å². The van der Waals surface area contributed by atoms with Crippen molar-refractivity contribution in [3.8, 4) is 0 Å². The summed E-state index contributed by atoms with van der Waals surface area (Å²) in [5.74, 6) is 0.248. The van der Waals surface area contributed by atoms with Crippen molar-refractivity contribution >= 4 is 11.5 Å². The zero-order chi connectivity index (χ0) is 15.6. The van der Waals surface area contributed by atoms with E-state index in [2.05, 4.69) is 17.3 Å². The molecule has 1 aromatic heterocycles. The summed E-state index contributed by atoms with van der Waals surface area (Å²) < 4.78 is 2.59. The standard InChI is InChI=1S/C14H25N5O2/c1-4-7-19-12(15)11(13(20)18(3)14(19)21)16-10-6-5-8-17(2)9-10/h10,16H,4-9,15H2,1-3H3. The molecule has 21 heavy (non-hydrogen) atoms. The second-order valence-electron chi connectivity index (χ2n) is 5.80. The van der Waals surface area contributed by atoms with Crippen LogP contribution in [0, 0.1) is 0 Å². The van der Waals surface area contributed by atoms with E-state index >= 15 is 0 Å². The molecule has 2 heterocycles. The maximum Gasteiger partial charge on any atom is 0.332 e. The van der Waals surface area contributed by atoms with Gasteiger partial charge in [0.15, 0.2) is 0 Å². The van der Waals surface area contributed by atoms with Gasteiger partial charge >= 0.3 is 5.69 Å². The Morgan fingerprint density at radius 2 is 2.05 bits per heavy atom. The van der Waals surface area contributed by atoms with Gasteiger partial charge in [0.1, 0.15) is 11.5 Å². The Morgan fingerprint density at radius 3 is 2.67 bits per heavy atom. The zero-order valence-corrected chi connectivity index (χ0v) is 13.1. The Hall–Kier alpha value is -1.76. The van der Waals surface area contributed by atoms with Gasteiger partial charge in [0.05, 0.1) is 0 Å². The molecule has 1 fully saturated rings. The molecule has 0 spiro atoms. The molecule has 0 radical (unpaired) electrons. The molecule has 3 N–H and O–H groups in total. The normalized spacial score (nSPS) is 19.7. The highest BCUT2D eigenvalue weighted by Gasteiger charge is 2.21. The predicted octanol–water partition coefficient (Wildman–Crippen LogP) is 0.0453. The van der Waals surface area contributed by atoms with E-state index in [1.165, 1.54) is 11.6 Å². The largest absolute Gasteiger partial charge is 0.383 e. The van der Waals surface area contributed by atoms with Crippen LogP contribution in [-0.2, 0) is 13.6 Å². The molecular formula is C14H25N5O2. The van der Waals surface area contributed by atoms with Crippen molar-refractivity contribution in [2.75, 3.05) is 31.2 Å². The average Bonchev–Trinajstić information content (AvgIpc) is 2.46. The molecule has 2 rings (SSSR count). The van der Waals surface area contributed by atoms with Crippen LogP contribution in [0.2, 0.25) is 0 Å². The number of nitrogens with one attached hydrogen (secondary N) is 1. The smallest absolute Gasteiger partial charge is 0.332 e. The van der Waals surface area contributed by atoms with Crippen LogP contribution in [-0.4, -0.2) is 40.2 Å². The van der Waals surface area contributed by atoms with E-state index in [9.17, 15) is 9.59 Å². The summed E-state index contributed by atoms with van der Waals surface area (Å²) in [6.07, 6.45) is 2.87. The number of hydrogen-bond donors (Lipinski definition) is 2. The molecule has 1 atom stereocenters. The molecule has 1 unspecified atom stereocenters. The van der Waals surface area contributed by atoms with Crippen LogP contribution in [0.15, 0.2) is 9.59 Å². The molecule has 7 heteroatoms. The fourth-order valence-electron chi connectivity index (χ4n) is 2.85. The number of rotatable bonds is 4. The fourth-order valence-corrected chi connectivity index (χ4v) is 2.85. The molecule has 1 aromatic rings. The van der Waals surface area contributed by atoms with Gasteiger partial charge in [0.2, 0.25) is 0 Å². The topological polar surface area (TPSA) is 85.3 Å². The minimum absolute atomic E-state index is 0.186. The van der Waals surface area contributed by atoms with Gasteiger partial charge in [-0.15, -0.1) is 0 Å². The molecular weight excluding hydrogens is 270 g/mol. The van der Waals surface area contributed by atoms with Gasteiger partial charge in [-0.25, -0.2) is 4.79 Å². The number of anilines is 2. The van der Waals surface area contributed by atoms with Crippen molar-refractivity contribution in [2.24, 2.45) is 7.05 Å². The van der Waals surface area contributed by atoms with E-state index < -0.39 is 0 Å². The summed E-state index contributed by atoms with van der Waals surface area (Å²) in [7, 11) is 3.56. The Labute approximate surface area is 124 Å². The van der Waals surface area contributed by atoms with E-state index in [1.54, 1.807) is 0 Å². The van der Waals surface area contributed by atoms with E-state index in [-0.39, 0.29) is 23.1 Å². The molecule has 0 bridgehead atoms. The van der Waals surface area contributed by atoms with Crippen LogP contribution in [0.1, 0.15) is 26.2 Å². The number of aromatic nitrogens is 2. The number of nitrogen functional groups attached to an aromatic ring is 1. The van der Waals surface area contributed by atoms with Gasteiger partial charge in [-0.05, 0) is 32.9 Å². The SMILES string of the molecule is CCCn1c(N)c(NC2CCCN(C)C2)c(=O)n(C)c1=O. The molecule has 1 saturated heterocycles. The highest BCUT2D eigenvalue weighted by Crippen LogP contribution is 2.17. The number of likely N-dealkylation sites (tertiary alicyclic amines) is 1. The molecule has 1 aliphatic heterocycles. The minimum atomic E-state index is -0.356. The molecule has 0 aliphatic carbocycles. The first-order valence-electron chi connectivity index (χ1n) is 7.50. The number of likely N-dealkylation sites (N-methyl/N-ethyl adjacent to an activating group) is 1. The summed E-state index contributed by atoms with van der Waals surface area (Å²) >= 11 is 0. The first-order valence-corrected chi connectivity index (χ1v) is 7.50. The number of nitrogens with two attached hydrogens (primary N) is 1. The third-order valence-corrected chi connectivity index (χ3v) is 4.00. The highest BCUT2D eigenvalue weighted by molar-refractivity contribution is 5.61. The van der Waals surface area contributed by atoms with Gasteiger partial charge in [0, 0.05) is 26.2 Å². The van der Waals surface area contributed by atoms with Crippen molar-refractivity contribution in [3.63, 3.8) is 0 Å². The van der Waals surface area contributed by atoms with Gasteiger partial charge < -0.3 is 16.0 Å². The monoisotopic (exact) mass is 295 g/mol. The highest BCUT2D eigenvalue weighted by atomic mass is 16.2. The van der Waals surface area contributed by atoms with E-state index in [1.807, 2.05) is 6.92 Å². The lowest BCUT2D eigenvalue weighted by atomic mass is 10.1. The lowest BCUT2D eigenvalue weighted by molar-refractivity contribution is 0.261. The van der Waals surface area contributed by atoms with Gasteiger partial charge in [-0.3, -0.25) is 13.9 Å². The average molecular weight is 295 g/mol. The maximum atomic E-state index is 12.3. The number of hydrogen-bond acceptors (Lipinski definition) is 5. The Bertz CT molecular complexity index is 619. The van der Waals surface area contributed by atoms with E-state index in [4.69, 9.17) is 5.73 Å². The quantitative estimate of drug-likeness (QED) is 0.819. The third-order valence-electron chi connectivity index (χ3n) is 4.00. The Morgan fingerprint density at radius 1 is 1.33 bits per heavy atom. The van der Waals surface area contributed by atoms with Gasteiger partial charge in [-0.2, -0.15) is 0 Å². The molecule has 0 amide bonds. The van der Waals surface area contributed by atoms with Crippen LogP contribution in [0.4, 0.5) is 11.5 Å². The summed E-state index contributed by atoms with van der Waals surface area (Å²) in [4.78, 5) is 26.6. The lowest BCUT2D eigenvalue weighted by Gasteiger charge is -2.31. The van der Waals surface area contributed by atoms with Crippen LogP contribution in [0.25, 0.3) is 0 Å². The van der Waals surface area contributed by atoms with Crippen molar-refractivity contribution in [3.05, 3.63) is 20.8 Å². The predicted molar refractivity (Wildman–Crippen MR) is 84.8 cm³/mol. The zero-order valence-electron chi connectivity index (χ0n) is 13.1. The van der Waals surface area contributed by atoms with Gasteiger partial charge in [0.25, 0.3) is 5.56 Å². The molecule has 1 aliphatic rings. The number of nitrogens with zero attached hydrogens (tertiary/aromatic N) is 3. The van der Waals surface area contributed by atoms with Crippen LogP contribution < -0.4 is 22.3 Å². The van der Waals surface area contributed by atoms with Crippen LogP contribution in [0.3, 0.4) is 0 Å². The van der Waals surface area contributed by atoms with Crippen molar-refractivity contribution in [1.29, 1.82) is 0 Å². The summed E-state index contributed by atoms with van der Waals surface area (Å²) in [6, 6.07) is 0.186. The van der Waals surface area contributed by atoms with Crippen LogP contribution >= 0.6 is 0 Å². The fraction of sp³-hybridized carbons (Fsp3) is 0.714. The second-order valence-corrected chi connectivity index (χ2v) is 5.80. The van der Waals surface area contributed by atoms with E-state index in [0.29, 0.717) is 12.2 Å². The summed E-state index contributed by atoms with van der Waals surface area (Å²) in [5, 5.41) is 3.25. The summed E-state index contributed by atoms with van der Waals surface area (Å²) in [6.45, 7) is 4.43. The van der Waals surface area contributed by atoms with Crippen molar-refractivity contribution < 1.29 is 0 Å². The summed E-state index contributed by atoms with van der Waals surface area (Å²) in [5.41, 5.74) is 5.71. The van der Waals surface area contributed by atoms with Crippen molar-refractivity contribution in [2.45, 2.75) is 38.8 Å².